The van der Waals surface area contributed by atoms with E-state index in [-0.39, 0.29) is 0 Å². The Hall–Kier alpha value is -1.24. The van der Waals surface area contributed by atoms with Crippen molar-refractivity contribution in [1.29, 1.82) is 5.26 Å². The Labute approximate surface area is 95.3 Å². The number of nitrogens with zero attached hydrogens (tertiary/aromatic N) is 2. The van der Waals surface area contributed by atoms with E-state index in [9.17, 15) is 0 Å². The van der Waals surface area contributed by atoms with Gasteiger partial charge in [-0.3, -0.25) is 0 Å². The number of hydrogen-bond acceptors (Lipinski definition) is 3. The lowest BCUT2D eigenvalue weighted by atomic mass is 10.2. The minimum atomic E-state index is 0.506. The number of benzene rings is 1. The fourth-order valence-corrected chi connectivity index (χ4v) is 1.55. The van der Waals surface area contributed by atoms with E-state index < -0.39 is 0 Å². The van der Waals surface area contributed by atoms with Crippen molar-refractivity contribution < 1.29 is 0 Å². The quantitative estimate of drug-likeness (QED) is 0.847. The van der Waals surface area contributed by atoms with E-state index in [0.29, 0.717) is 10.6 Å². The number of anilines is 1. The topological polar surface area (TPSA) is 39.1 Å². The molecule has 80 valence electrons. The van der Waals surface area contributed by atoms with Gasteiger partial charge in [0.15, 0.2) is 0 Å². The average Bonchev–Trinajstić information content (AvgIpc) is 2.25. The predicted octanol–water partition coefficient (Wildman–Crippen LogP) is 1.87. The summed E-state index contributed by atoms with van der Waals surface area (Å²) in [7, 11) is 3.85. The van der Waals surface area contributed by atoms with Gasteiger partial charge < -0.3 is 10.2 Å². The molecule has 0 saturated carbocycles. The Kier molecular flexibility index (Phi) is 4.41. The lowest BCUT2D eigenvalue weighted by Gasteiger charge is -2.20. The molecule has 0 unspecified atom stereocenters. The average molecular weight is 224 g/mol. The molecule has 0 spiro atoms. The molecule has 0 saturated heterocycles. The molecular formula is C11H14ClN3. The van der Waals surface area contributed by atoms with Crippen molar-refractivity contribution in [3.05, 3.63) is 28.8 Å². The maximum absolute atomic E-state index is 9.00. The van der Waals surface area contributed by atoms with E-state index in [1.54, 1.807) is 6.07 Å². The lowest BCUT2D eigenvalue weighted by molar-refractivity contribution is 0.767. The van der Waals surface area contributed by atoms with Crippen LogP contribution in [0, 0.1) is 11.3 Å². The normalized spacial score (nSPS) is 9.73. The number of likely N-dealkylation sites (N-methyl/N-ethyl adjacent to an activating group) is 2. The van der Waals surface area contributed by atoms with Crippen molar-refractivity contribution in [2.75, 3.05) is 32.1 Å². The Morgan fingerprint density at radius 1 is 1.53 bits per heavy atom. The van der Waals surface area contributed by atoms with Gasteiger partial charge in [0.05, 0.1) is 16.3 Å². The van der Waals surface area contributed by atoms with Crippen molar-refractivity contribution in [3.63, 3.8) is 0 Å². The second-order valence-corrected chi connectivity index (χ2v) is 3.68. The van der Waals surface area contributed by atoms with Crippen molar-refractivity contribution in [1.82, 2.24) is 5.32 Å². The first kappa shape index (κ1) is 11.8. The molecule has 0 heterocycles. The van der Waals surface area contributed by atoms with Crippen molar-refractivity contribution in [3.8, 4) is 6.07 Å². The third-order valence-corrected chi connectivity index (χ3v) is 2.53. The molecule has 3 nitrogen and oxygen atoms in total. The summed E-state index contributed by atoms with van der Waals surface area (Å²) < 4.78 is 0. The van der Waals surface area contributed by atoms with E-state index >= 15 is 0 Å². The van der Waals surface area contributed by atoms with Crippen LogP contribution in [0.4, 0.5) is 5.69 Å². The summed E-state index contributed by atoms with van der Waals surface area (Å²) in [5, 5.41) is 12.6. The molecule has 0 bridgehead atoms. The molecule has 0 radical (unpaired) electrons. The summed E-state index contributed by atoms with van der Waals surface area (Å²) in [5.74, 6) is 0. The fraction of sp³-hybridized carbons (Fsp3) is 0.364. The summed E-state index contributed by atoms with van der Waals surface area (Å²) in [6.07, 6.45) is 0. The van der Waals surface area contributed by atoms with Gasteiger partial charge in [-0.1, -0.05) is 17.7 Å². The van der Waals surface area contributed by atoms with Gasteiger partial charge in [0, 0.05) is 20.1 Å². The Balaban J connectivity index is 2.93. The highest BCUT2D eigenvalue weighted by atomic mass is 35.5. The molecule has 0 fully saturated rings. The van der Waals surface area contributed by atoms with Crippen molar-refractivity contribution >= 4 is 17.3 Å². The first-order valence-electron chi connectivity index (χ1n) is 4.75. The van der Waals surface area contributed by atoms with Crippen molar-refractivity contribution in [2.24, 2.45) is 0 Å². The Morgan fingerprint density at radius 2 is 2.27 bits per heavy atom. The molecule has 0 aliphatic carbocycles. The Morgan fingerprint density at radius 3 is 2.87 bits per heavy atom. The molecule has 1 rings (SSSR count). The fourth-order valence-electron chi connectivity index (χ4n) is 1.34. The molecule has 1 aromatic carbocycles. The third kappa shape index (κ3) is 2.85. The van der Waals surface area contributed by atoms with Gasteiger partial charge in [0.1, 0.15) is 6.07 Å². The standard InChI is InChI=1S/C11H14ClN3/c1-14-6-7-15(2)11-5-3-4-10(12)9(11)8-13/h3-5,14H,6-7H2,1-2H3. The van der Waals surface area contributed by atoms with Crippen LogP contribution in [0.15, 0.2) is 18.2 Å². The number of nitrogens with one attached hydrogen (secondary N) is 1. The molecule has 4 heteroatoms. The van der Waals surface area contributed by atoms with E-state index in [2.05, 4.69) is 11.4 Å². The van der Waals surface area contributed by atoms with Crippen molar-refractivity contribution in [2.45, 2.75) is 0 Å². The summed E-state index contributed by atoms with van der Waals surface area (Å²) >= 11 is 5.94. The maximum Gasteiger partial charge on any atom is 0.103 e. The minimum absolute atomic E-state index is 0.506. The predicted molar refractivity (Wildman–Crippen MR) is 63.4 cm³/mol. The third-order valence-electron chi connectivity index (χ3n) is 2.21. The van der Waals surface area contributed by atoms with Gasteiger partial charge in [0.25, 0.3) is 0 Å². The minimum Gasteiger partial charge on any atom is -0.372 e. The summed E-state index contributed by atoms with van der Waals surface area (Å²) in [6, 6.07) is 7.62. The van der Waals surface area contributed by atoms with E-state index in [1.807, 2.05) is 31.1 Å². The maximum atomic E-state index is 9.00. The Bertz CT molecular complexity index is 371. The molecule has 0 amide bonds. The zero-order chi connectivity index (χ0) is 11.3. The van der Waals surface area contributed by atoms with E-state index in [4.69, 9.17) is 16.9 Å². The molecule has 1 N–H and O–H groups in total. The SMILES string of the molecule is CNCCN(C)c1cccc(Cl)c1C#N. The first-order valence-corrected chi connectivity index (χ1v) is 5.13. The zero-order valence-corrected chi connectivity index (χ0v) is 9.67. The summed E-state index contributed by atoms with van der Waals surface area (Å²) in [6.45, 7) is 1.71. The lowest BCUT2D eigenvalue weighted by Crippen LogP contribution is -2.27. The van der Waals surface area contributed by atoms with Crippen LogP contribution < -0.4 is 10.2 Å². The molecule has 1 aromatic rings. The molecule has 15 heavy (non-hydrogen) atoms. The monoisotopic (exact) mass is 223 g/mol. The molecule has 0 aliphatic heterocycles. The van der Waals surface area contributed by atoms with Gasteiger partial charge in [-0.15, -0.1) is 0 Å². The van der Waals surface area contributed by atoms with Crippen LogP contribution in [-0.4, -0.2) is 27.2 Å². The molecule has 0 aromatic heterocycles. The van der Waals surface area contributed by atoms with Crippen LogP contribution in [0.2, 0.25) is 5.02 Å². The largest absolute Gasteiger partial charge is 0.372 e. The van der Waals surface area contributed by atoms with Gasteiger partial charge in [-0.2, -0.15) is 5.26 Å². The van der Waals surface area contributed by atoms with Gasteiger partial charge in [-0.25, -0.2) is 0 Å². The summed E-state index contributed by atoms with van der Waals surface area (Å²) in [5.41, 5.74) is 1.41. The smallest absolute Gasteiger partial charge is 0.103 e. The highest BCUT2D eigenvalue weighted by molar-refractivity contribution is 6.32. The molecular weight excluding hydrogens is 210 g/mol. The number of nitriles is 1. The number of rotatable bonds is 4. The van der Waals surface area contributed by atoms with Crippen LogP contribution in [0.25, 0.3) is 0 Å². The summed E-state index contributed by atoms with van der Waals surface area (Å²) in [4.78, 5) is 2.01. The van der Waals surface area contributed by atoms with Crippen LogP contribution in [-0.2, 0) is 0 Å². The van der Waals surface area contributed by atoms with Gasteiger partial charge in [-0.05, 0) is 19.2 Å². The zero-order valence-electron chi connectivity index (χ0n) is 8.92. The number of hydrogen-bond donors (Lipinski definition) is 1. The highest BCUT2D eigenvalue weighted by Gasteiger charge is 2.09. The number of halogens is 1. The second-order valence-electron chi connectivity index (χ2n) is 3.27. The van der Waals surface area contributed by atoms with Crippen LogP contribution in [0.1, 0.15) is 5.56 Å². The molecule has 0 atom stereocenters. The van der Waals surface area contributed by atoms with Crippen LogP contribution in [0.3, 0.4) is 0 Å². The van der Waals surface area contributed by atoms with E-state index in [0.717, 1.165) is 18.8 Å². The highest BCUT2D eigenvalue weighted by Crippen LogP contribution is 2.25. The first-order chi connectivity index (χ1) is 7.20. The van der Waals surface area contributed by atoms with E-state index in [1.165, 1.54) is 0 Å². The second kappa shape index (κ2) is 5.59. The van der Waals surface area contributed by atoms with Crippen LogP contribution in [0.5, 0.6) is 0 Å². The van der Waals surface area contributed by atoms with Gasteiger partial charge >= 0.3 is 0 Å². The van der Waals surface area contributed by atoms with Gasteiger partial charge in [0.2, 0.25) is 0 Å². The van der Waals surface area contributed by atoms with Crippen LogP contribution >= 0.6 is 11.6 Å². The molecule has 0 aliphatic rings.